The number of hydrogen-bond donors (Lipinski definition) is 0. The van der Waals surface area contributed by atoms with Gasteiger partial charge in [-0.25, -0.2) is 0 Å². The maximum Gasteiger partial charge on any atom is 0.306 e. The van der Waals surface area contributed by atoms with Gasteiger partial charge in [-0.2, -0.15) is 0 Å². The highest BCUT2D eigenvalue weighted by atomic mass is 16.6. The van der Waals surface area contributed by atoms with Crippen molar-refractivity contribution in [2.45, 2.75) is 374 Å². The molecule has 0 N–H and O–H groups in total. The first-order valence-corrected chi connectivity index (χ1v) is 34.8. The Morgan fingerprint density at radius 2 is 0.456 bits per heavy atom. The highest BCUT2D eigenvalue weighted by Gasteiger charge is 2.19. The van der Waals surface area contributed by atoms with Crippen LogP contribution in [0.25, 0.3) is 0 Å². The summed E-state index contributed by atoms with van der Waals surface area (Å²) >= 11 is 0. The van der Waals surface area contributed by atoms with Gasteiger partial charge in [-0.3, -0.25) is 14.4 Å². The van der Waals surface area contributed by atoms with E-state index in [0.717, 1.165) is 83.5 Å². The van der Waals surface area contributed by atoms with E-state index in [4.69, 9.17) is 14.2 Å². The Kier molecular flexibility index (Phi) is 65.1. The number of carbonyl (C=O) groups is 3. The third kappa shape index (κ3) is 65.8. The van der Waals surface area contributed by atoms with Crippen molar-refractivity contribution in [1.29, 1.82) is 0 Å². The van der Waals surface area contributed by atoms with E-state index in [-0.39, 0.29) is 31.1 Å². The second-order valence-corrected chi connectivity index (χ2v) is 23.4. The second kappa shape index (κ2) is 67.6. The Balaban J connectivity index is 4.11. The van der Waals surface area contributed by atoms with E-state index in [2.05, 4.69) is 81.5 Å². The van der Waals surface area contributed by atoms with Crippen LogP contribution in [-0.2, 0) is 28.6 Å². The number of rotatable bonds is 64. The van der Waals surface area contributed by atoms with Gasteiger partial charge >= 0.3 is 17.9 Å². The molecule has 460 valence electrons. The van der Waals surface area contributed by atoms with E-state index in [1.807, 2.05) is 0 Å². The Morgan fingerprint density at radius 1 is 0.253 bits per heavy atom. The lowest BCUT2D eigenvalue weighted by molar-refractivity contribution is -0.167. The number of carbonyl (C=O) groups excluding carboxylic acids is 3. The molecular weight excluding hydrogens is 973 g/mol. The number of esters is 3. The Labute approximate surface area is 491 Å². The Morgan fingerprint density at radius 3 is 0.709 bits per heavy atom. The molecule has 6 nitrogen and oxygen atoms in total. The largest absolute Gasteiger partial charge is 0.462 e. The molecule has 0 aromatic heterocycles. The fourth-order valence-electron chi connectivity index (χ4n) is 10.2. The molecule has 79 heavy (non-hydrogen) atoms. The van der Waals surface area contributed by atoms with Crippen molar-refractivity contribution < 1.29 is 28.6 Å². The molecule has 1 unspecified atom stereocenters. The average Bonchev–Trinajstić information content (AvgIpc) is 3.45. The molecular formula is C73H132O6. The third-order valence-electron chi connectivity index (χ3n) is 15.5. The molecule has 0 amide bonds. The van der Waals surface area contributed by atoms with Crippen LogP contribution in [0, 0.1) is 0 Å². The molecule has 0 rings (SSSR count). The minimum Gasteiger partial charge on any atom is -0.462 e. The second-order valence-electron chi connectivity index (χ2n) is 23.4. The summed E-state index contributed by atoms with van der Waals surface area (Å²) in [7, 11) is 0. The van der Waals surface area contributed by atoms with Gasteiger partial charge in [-0.15, -0.1) is 0 Å². The molecule has 0 fully saturated rings. The van der Waals surface area contributed by atoms with Crippen LogP contribution in [-0.4, -0.2) is 37.2 Å². The van der Waals surface area contributed by atoms with Gasteiger partial charge in [0.25, 0.3) is 0 Å². The first-order valence-electron chi connectivity index (χ1n) is 34.8. The molecule has 0 heterocycles. The highest BCUT2D eigenvalue weighted by Crippen LogP contribution is 2.18. The van der Waals surface area contributed by atoms with Crippen LogP contribution in [0.1, 0.15) is 367 Å². The normalized spacial score (nSPS) is 12.4. The van der Waals surface area contributed by atoms with Gasteiger partial charge in [0.1, 0.15) is 13.2 Å². The zero-order chi connectivity index (χ0) is 57.1. The minimum absolute atomic E-state index is 0.0753. The van der Waals surface area contributed by atoms with Crippen molar-refractivity contribution in [3.8, 4) is 0 Å². The van der Waals surface area contributed by atoms with E-state index < -0.39 is 6.10 Å². The zero-order valence-corrected chi connectivity index (χ0v) is 52.9. The average molecular weight is 1110 g/mol. The first-order chi connectivity index (χ1) is 39.0. The van der Waals surface area contributed by atoms with Crippen molar-refractivity contribution in [1.82, 2.24) is 0 Å². The summed E-state index contributed by atoms with van der Waals surface area (Å²) in [6, 6.07) is 0. The summed E-state index contributed by atoms with van der Waals surface area (Å²) in [6.07, 6.45) is 86.9. The smallest absolute Gasteiger partial charge is 0.306 e. The van der Waals surface area contributed by atoms with Crippen molar-refractivity contribution in [3.63, 3.8) is 0 Å². The van der Waals surface area contributed by atoms with Gasteiger partial charge in [0.15, 0.2) is 6.10 Å². The molecule has 1 atom stereocenters. The van der Waals surface area contributed by atoms with Crippen molar-refractivity contribution in [2.75, 3.05) is 13.2 Å². The summed E-state index contributed by atoms with van der Waals surface area (Å²) in [5.41, 5.74) is 0. The first kappa shape index (κ1) is 76.1. The molecule has 0 aliphatic rings. The number of hydrogen-bond acceptors (Lipinski definition) is 6. The van der Waals surface area contributed by atoms with E-state index in [1.54, 1.807) is 0 Å². The van der Waals surface area contributed by atoms with E-state index in [0.29, 0.717) is 19.3 Å². The summed E-state index contributed by atoms with van der Waals surface area (Å²) in [4.78, 5) is 38.2. The van der Waals surface area contributed by atoms with Gasteiger partial charge in [-0.05, 0) is 89.9 Å². The third-order valence-corrected chi connectivity index (χ3v) is 15.5. The Bertz CT molecular complexity index is 1410. The van der Waals surface area contributed by atoms with Crippen LogP contribution in [0.5, 0.6) is 0 Å². The number of allylic oxidation sites excluding steroid dienone is 10. The van der Waals surface area contributed by atoms with Crippen LogP contribution >= 0.6 is 0 Å². The molecule has 0 aromatic rings. The van der Waals surface area contributed by atoms with Crippen LogP contribution in [0.2, 0.25) is 0 Å². The highest BCUT2D eigenvalue weighted by molar-refractivity contribution is 5.71. The molecule has 6 heteroatoms. The molecule has 0 saturated heterocycles. The summed E-state index contributed by atoms with van der Waals surface area (Å²) < 4.78 is 16.9. The summed E-state index contributed by atoms with van der Waals surface area (Å²) in [5, 5.41) is 0. The maximum absolute atomic E-state index is 12.9. The molecule has 0 aliphatic carbocycles. The zero-order valence-electron chi connectivity index (χ0n) is 52.9. The predicted octanol–water partition coefficient (Wildman–Crippen LogP) is 23.9. The minimum atomic E-state index is -0.778. The predicted molar refractivity (Wildman–Crippen MR) is 344 cm³/mol. The molecule has 0 aliphatic heterocycles. The topological polar surface area (TPSA) is 78.9 Å². The maximum atomic E-state index is 12.9. The molecule has 0 saturated carbocycles. The van der Waals surface area contributed by atoms with E-state index in [9.17, 15) is 14.4 Å². The monoisotopic (exact) mass is 1110 g/mol. The SMILES string of the molecule is CCCCCCC/C=C\C/C=C\C/C=C\CCCCCCCCC(=O)OC(COC(=O)CCCCCCCCCCC)COC(=O)CCCCCCCCCCCCCCCCCCCCC/C=C\C/C=C\CCCCCCC. The van der Waals surface area contributed by atoms with Crippen LogP contribution in [0.15, 0.2) is 60.8 Å². The summed E-state index contributed by atoms with van der Waals surface area (Å²) in [5.74, 6) is -0.871. The van der Waals surface area contributed by atoms with Gasteiger partial charge in [0.05, 0.1) is 0 Å². The van der Waals surface area contributed by atoms with Gasteiger partial charge in [-0.1, -0.05) is 319 Å². The molecule has 0 bridgehead atoms. The van der Waals surface area contributed by atoms with Crippen LogP contribution < -0.4 is 0 Å². The molecule has 0 aromatic carbocycles. The Hall–Kier alpha value is -2.89. The van der Waals surface area contributed by atoms with Gasteiger partial charge in [0, 0.05) is 19.3 Å². The van der Waals surface area contributed by atoms with E-state index >= 15 is 0 Å². The van der Waals surface area contributed by atoms with Gasteiger partial charge in [0.2, 0.25) is 0 Å². The van der Waals surface area contributed by atoms with Crippen molar-refractivity contribution in [3.05, 3.63) is 60.8 Å². The van der Waals surface area contributed by atoms with E-state index in [1.165, 1.54) is 244 Å². The summed E-state index contributed by atoms with van der Waals surface area (Å²) in [6.45, 7) is 6.64. The lowest BCUT2D eigenvalue weighted by Crippen LogP contribution is -2.30. The lowest BCUT2D eigenvalue weighted by Gasteiger charge is -2.18. The molecule has 0 spiro atoms. The van der Waals surface area contributed by atoms with Crippen LogP contribution in [0.4, 0.5) is 0 Å². The standard InChI is InChI=1S/C73H132O6/c1-4-7-10-13-16-19-21-23-25-27-29-31-32-33-34-35-36-37-38-39-40-42-43-45-47-49-51-54-57-60-63-66-72(75)78-69-70(68-77-71(74)65-62-59-56-53-18-15-12-9-6-3)79-73(76)67-64-61-58-55-52-50-48-46-44-41-30-28-26-24-22-20-17-14-11-8-5-2/h21-24,27-30,44,46,70H,4-20,25-26,31-43,45,47-69H2,1-3H3/b23-21-,24-22-,29-27-,30-28-,46-44-. The quantitative estimate of drug-likeness (QED) is 0.0261. The van der Waals surface area contributed by atoms with Crippen LogP contribution in [0.3, 0.4) is 0 Å². The molecule has 0 radical (unpaired) electrons. The lowest BCUT2D eigenvalue weighted by atomic mass is 10.0. The van der Waals surface area contributed by atoms with Crippen molar-refractivity contribution in [2.24, 2.45) is 0 Å². The van der Waals surface area contributed by atoms with Crippen molar-refractivity contribution >= 4 is 17.9 Å². The number of ether oxygens (including phenoxy) is 3. The number of unbranched alkanes of at least 4 members (excludes halogenated alkanes) is 43. The fourth-order valence-corrected chi connectivity index (χ4v) is 10.2. The fraction of sp³-hybridized carbons (Fsp3) is 0.822. The van der Waals surface area contributed by atoms with Gasteiger partial charge < -0.3 is 14.2 Å².